The molecule has 1 aliphatic rings. The van der Waals surface area contributed by atoms with Gasteiger partial charge in [-0.05, 0) is 12.1 Å². The molecule has 1 saturated heterocycles. The Labute approximate surface area is 106 Å². The van der Waals surface area contributed by atoms with Crippen LogP contribution < -0.4 is 5.43 Å². The van der Waals surface area contributed by atoms with Gasteiger partial charge in [-0.2, -0.15) is 0 Å². The summed E-state index contributed by atoms with van der Waals surface area (Å²) in [6, 6.07) is 5.77. The molecule has 0 radical (unpaired) electrons. The van der Waals surface area contributed by atoms with Gasteiger partial charge in [0.25, 0.3) is 11.6 Å². The van der Waals surface area contributed by atoms with Crippen molar-refractivity contribution < 1.29 is 9.72 Å². The second-order valence-electron chi connectivity index (χ2n) is 3.20. The Morgan fingerprint density at radius 1 is 1.41 bits per heavy atom. The van der Waals surface area contributed by atoms with Gasteiger partial charge in [0.1, 0.15) is 0 Å². The van der Waals surface area contributed by atoms with E-state index in [2.05, 4.69) is 5.43 Å². The fourth-order valence-corrected chi connectivity index (χ4v) is 2.23. The van der Waals surface area contributed by atoms with E-state index in [4.69, 9.17) is 12.2 Å². The molecular formula is C9H7N3O3S2. The number of non-ortho nitro benzene ring substituents is 1. The summed E-state index contributed by atoms with van der Waals surface area (Å²) in [6.45, 7) is 0. The van der Waals surface area contributed by atoms with Crippen molar-refractivity contribution in [2.24, 2.45) is 0 Å². The predicted octanol–water partition coefficient (Wildman–Crippen LogP) is 1.78. The Bertz CT molecular complexity index is 473. The molecule has 0 atom stereocenters. The Hall–Kier alpha value is -1.67. The van der Waals surface area contributed by atoms with Crippen molar-refractivity contribution in [3.63, 3.8) is 0 Å². The second-order valence-corrected chi connectivity index (χ2v) is 4.81. The van der Waals surface area contributed by atoms with E-state index in [9.17, 15) is 14.9 Å². The van der Waals surface area contributed by atoms with Crippen molar-refractivity contribution in [2.45, 2.75) is 0 Å². The van der Waals surface area contributed by atoms with Gasteiger partial charge in [-0.15, -0.1) is 0 Å². The van der Waals surface area contributed by atoms with E-state index in [1.807, 2.05) is 0 Å². The Morgan fingerprint density at radius 3 is 2.53 bits per heavy atom. The Morgan fingerprint density at radius 2 is 2.06 bits per heavy atom. The maximum atomic E-state index is 11.4. The molecule has 1 amide bonds. The molecule has 1 aromatic rings. The van der Waals surface area contributed by atoms with E-state index < -0.39 is 4.92 Å². The van der Waals surface area contributed by atoms with Gasteiger partial charge >= 0.3 is 0 Å². The van der Waals surface area contributed by atoms with Crippen molar-refractivity contribution in [1.82, 2.24) is 5.01 Å². The minimum Gasteiger partial charge on any atom is -0.290 e. The highest BCUT2D eigenvalue weighted by molar-refractivity contribution is 8.23. The largest absolute Gasteiger partial charge is 0.290 e. The van der Waals surface area contributed by atoms with Crippen LogP contribution in [0.2, 0.25) is 0 Å². The smallest absolute Gasteiger partial charge is 0.269 e. The second kappa shape index (κ2) is 4.68. The summed E-state index contributed by atoms with van der Waals surface area (Å²) >= 11 is 6.26. The van der Waals surface area contributed by atoms with Crippen LogP contribution in [-0.4, -0.2) is 25.9 Å². The van der Waals surface area contributed by atoms with Gasteiger partial charge in [0, 0.05) is 12.1 Å². The van der Waals surface area contributed by atoms with Crippen LogP contribution in [0.25, 0.3) is 0 Å². The first kappa shape index (κ1) is 11.8. The lowest BCUT2D eigenvalue weighted by Crippen LogP contribution is -2.34. The molecule has 0 unspecified atom stereocenters. The predicted molar refractivity (Wildman–Crippen MR) is 68.6 cm³/mol. The molecule has 1 aromatic carbocycles. The summed E-state index contributed by atoms with van der Waals surface area (Å²) in [6.07, 6.45) is 0. The zero-order chi connectivity index (χ0) is 12.4. The van der Waals surface area contributed by atoms with Gasteiger partial charge in [-0.25, -0.2) is 5.01 Å². The van der Waals surface area contributed by atoms with Gasteiger partial charge in [-0.3, -0.25) is 20.3 Å². The van der Waals surface area contributed by atoms with E-state index in [0.717, 1.165) is 0 Å². The zero-order valence-electron chi connectivity index (χ0n) is 8.45. The Balaban J connectivity index is 2.11. The number of carbonyl (C=O) groups excluding carboxylic acids is 1. The molecule has 2 rings (SSSR count). The SMILES string of the molecule is O=C1CSC(=S)N1Nc1ccc([N+](=O)[O-])cc1. The quantitative estimate of drug-likeness (QED) is 0.512. The molecule has 0 spiro atoms. The molecule has 17 heavy (non-hydrogen) atoms. The molecule has 0 aromatic heterocycles. The number of benzene rings is 1. The number of rotatable bonds is 3. The number of thiocarbonyl (C=S) groups is 1. The molecule has 0 aliphatic carbocycles. The van der Waals surface area contributed by atoms with Crippen molar-refractivity contribution in [2.75, 3.05) is 11.2 Å². The van der Waals surface area contributed by atoms with Crippen molar-refractivity contribution >= 4 is 45.6 Å². The number of thioether (sulfide) groups is 1. The van der Waals surface area contributed by atoms with Crippen LogP contribution in [-0.2, 0) is 4.79 Å². The van der Waals surface area contributed by atoms with Crippen molar-refractivity contribution in [3.05, 3.63) is 34.4 Å². The van der Waals surface area contributed by atoms with Gasteiger partial charge < -0.3 is 0 Å². The van der Waals surface area contributed by atoms with E-state index >= 15 is 0 Å². The number of anilines is 1. The summed E-state index contributed by atoms with van der Waals surface area (Å²) in [5.74, 6) is 0.192. The fourth-order valence-electron chi connectivity index (χ4n) is 1.25. The number of hydrogen-bond donors (Lipinski definition) is 1. The van der Waals surface area contributed by atoms with Crippen LogP contribution in [0.5, 0.6) is 0 Å². The van der Waals surface area contributed by atoms with Crippen molar-refractivity contribution in [3.8, 4) is 0 Å². The highest BCUT2D eigenvalue weighted by atomic mass is 32.2. The van der Waals surface area contributed by atoms with Crippen molar-refractivity contribution in [1.29, 1.82) is 0 Å². The van der Waals surface area contributed by atoms with Gasteiger partial charge in [0.15, 0.2) is 4.32 Å². The normalized spacial score (nSPS) is 15.2. The summed E-state index contributed by atoms with van der Waals surface area (Å²) in [5.41, 5.74) is 3.38. The summed E-state index contributed by atoms with van der Waals surface area (Å²) in [7, 11) is 0. The standard InChI is InChI=1S/C9H7N3O3S2/c13-8-5-17-9(16)11(8)10-6-1-3-7(4-2-6)12(14)15/h1-4,10H,5H2. The number of amides is 1. The molecule has 1 N–H and O–H groups in total. The lowest BCUT2D eigenvalue weighted by atomic mass is 10.3. The molecule has 0 bridgehead atoms. The van der Waals surface area contributed by atoms with Gasteiger partial charge in [-0.1, -0.05) is 24.0 Å². The number of carbonyl (C=O) groups is 1. The minimum atomic E-state index is -0.481. The third-order valence-electron chi connectivity index (χ3n) is 2.07. The molecule has 1 heterocycles. The van der Waals surface area contributed by atoms with Gasteiger partial charge in [0.05, 0.1) is 16.4 Å². The number of hydrogen-bond acceptors (Lipinski definition) is 6. The molecule has 88 valence electrons. The average molecular weight is 269 g/mol. The molecule has 1 fully saturated rings. The van der Waals surface area contributed by atoms with E-state index in [-0.39, 0.29) is 11.6 Å². The molecular weight excluding hydrogens is 262 g/mol. The molecule has 0 saturated carbocycles. The highest BCUT2D eigenvalue weighted by Gasteiger charge is 2.26. The lowest BCUT2D eigenvalue weighted by Gasteiger charge is -2.16. The van der Waals surface area contributed by atoms with E-state index in [1.165, 1.54) is 41.0 Å². The fraction of sp³-hybridized carbons (Fsp3) is 0.111. The third-order valence-corrected chi connectivity index (χ3v) is 3.43. The van der Waals surface area contributed by atoms with Crippen LogP contribution in [0.3, 0.4) is 0 Å². The maximum absolute atomic E-state index is 11.4. The van der Waals surface area contributed by atoms with Gasteiger partial charge in [0.2, 0.25) is 0 Å². The monoisotopic (exact) mass is 269 g/mol. The number of nitro groups is 1. The summed E-state index contributed by atoms with van der Waals surface area (Å²) in [5, 5.41) is 11.7. The number of nitrogens with zero attached hydrogens (tertiary/aromatic N) is 2. The third kappa shape index (κ3) is 2.53. The number of nitro benzene ring substituents is 1. The zero-order valence-corrected chi connectivity index (χ0v) is 10.1. The van der Waals surface area contributed by atoms with Crippen LogP contribution in [0.4, 0.5) is 11.4 Å². The average Bonchev–Trinajstić information content (AvgIpc) is 2.61. The molecule has 1 aliphatic heterocycles. The maximum Gasteiger partial charge on any atom is 0.269 e. The summed E-state index contributed by atoms with van der Waals surface area (Å²) in [4.78, 5) is 21.4. The first-order chi connectivity index (χ1) is 8.08. The topological polar surface area (TPSA) is 75.5 Å². The number of nitrogens with one attached hydrogen (secondary N) is 1. The van der Waals surface area contributed by atoms with E-state index in [0.29, 0.717) is 15.8 Å². The first-order valence-electron chi connectivity index (χ1n) is 4.59. The van der Waals surface area contributed by atoms with E-state index in [1.54, 1.807) is 0 Å². The van der Waals surface area contributed by atoms with Crippen LogP contribution >= 0.6 is 24.0 Å². The number of hydrazine groups is 1. The minimum absolute atomic E-state index is 0.000231. The summed E-state index contributed by atoms with van der Waals surface area (Å²) < 4.78 is 0.452. The lowest BCUT2D eigenvalue weighted by molar-refractivity contribution is -0.384. The van der Waals surface area contributed by atoms with Crippen LogP contribution in [0, 0.1) is 10.1 Å². The molecule has 8 heteroatoms. The Kier molecular flexibility index (Phi) is 3.25. The first-order valence-corrected chi connectivity index (χ1v) is 5.98. The highest BCUT2D eigenvalue weighted by Crippen LogP contribution is 2.22. The molecule has 6 nitrogen and oxygen atoms in total. The van der Waals surface area contributed by atoms with Crippen LogP contribution in [0.15, 0.2) is 24.3 Å². The van der Waals surface area contributed by atoms with Crippen LogP contribution in [0.1, 0.15) is 0 Å².